The summed E-state index contributed by atoms with van der Waals surface area (Å²) in [4.78, 5) is 31.8. The summed E-state index contributed by atoms with van der Waals surface area (Å²) >= 11 is 0. The van der Waals surface area contributed by atoms with Crippen LogP contribution >= 0.6 is 0 Å². The van der Waals surface area contributed by atoms with Gasteiger partial charge in [-0.1, -0.05) is 0 Å². The average Bonchev–Trinajstić information content (AvgIpc) is 3.17. The Morgan fingerprint density at radius 3 is 2.77 bits per heavy atom. The van der Waals surface area contributed by atoms with Gasteiger partial charge in [0.2, 0.25) is 0 Å². The first-order chi connectivity index (χ1) is 12.4. The number of nitrogens with zero attached hydrogens (tertiary/aromatic N) is 5. The normalized spacial score (nSPS) is 24.7. The van der Waals surface area contributed by atoms with Gasteiger partial charge in [0.15, 0.2) is 0 Å². The Hall–Kier alpha value is -3.08. The van der Waals surface area contributed by atoms with Gasteiger partial charge < -0.3 is 19.5 Å². The topological polar surface area (TPSA) is 102 Å². The van der Waals surface area contributed by atoms with E-state index < -0.39 is 6.09 Å². The monoisotopic (exact) mass is 353 g/mol. The molecule has 1 amide bonds. The number of hydrogen-bond acceptors (Lipinski definition) is 5. The summed E-state index contributed by atoms with van der Waals surface area (Å²) in [5.41, 5.74) is 2.22. The fourth-order valence-corrected chi connectivity index (χ4v) is 4.35. The molecule has 0 bridgehead atoms. The summed E-state index contributed by atoms with van der Waals surface area (Å²) in [6.45, 7) is 3.81. The SMILES string of the molecule is C[C@@H]1[C@H]2CN(c3cc(=O)n(C)c4ccc(C#N)nc34)C[C@H]2CN1C(=O)O. The van der Waals surface area contributed by atoms with E-state index in [2.05, 4.69) is 9.88 Å². The van der Waals surface area contributed by atoms with E-state index in [1.165, 1.54) is 9.47 Å². The highest BCUT2D eigenvalue weighted by Gasteiger charge is 2.47. The lowest BCUT2D eigenvalue weighted by atomic mass is 9.95. The maximum absolute atomic E-state index is 12.4. The molecule has 0 aliphatic carbocycles. The molecule has 134 valence electrons. The third kappa shape index (κ3) is 2.31. The number of carbonyl (C=O) groups is 1. The number of rotatable bonds is 1. The van der Waals surface area contributed by atoms with Crippen LogP contribution in [0.4, 0.5) is 10.5 Å². The highest BCUT2D eigenvalue weighted by molar-refractivity contribution is 5.88. The van der Waals surface area contributed by atoms with E-state index in [9.17, 15) is 14.7 Å². The molecule has 26 heavy (non-hydrogen) atoms. The van der Waals surface area contributed by atoms with Crippen LogP contribution in [0.15, 0.2) is 23.0 Å². The van der Waals surface area contributed by atoms with Gasteiger partial charge in [0.05, 0.1) is 11.2 Å². The Morgan fingerprint density at radius 1 is 1.35 bits per heavy atom. The van der Waals surface area contributed by atoms with Gasteiger partial charge in [0.25, 0.3) is 5.56 Å². The maximum Gasteiger partial charge on any atom is 0.407 e. The predicted octanol–water partition coefficient (Wildman–Crippen LogP) is 1.24. The van der Waals surface area contributed by atoms with E-state index in [1.54, 1.807) is 25.2 Å². The van der Waals surface area contributed by atoms with Crippen molar-refractivity contribution in [1.29, 1.82) is 5.26 Å². The molecule has 2 saturated heterocycles. The van der Waals surface area contributed by atoms with Gasteiger partial charge in [-0.3, -0.25) is 4.79 Å². The summed E-state index contributed by atoms with van der Waals surface area (Å²) in [7, 11) is 1.69. The second-order valence-corrected chi connectivity index (χ2v) is 7.11. The first kappa shape index (κ1) is 16.4. The summed E-state index contributed by atoms with van der Waals surface area (Å²) in [6, 6.07) is 6.92. The third-order valence-electron chi connectivity index (χ3n) is 5.80. The number of nitriles is 1. The van der Waals surface area contributed by atoms with Crippen molar-refractivity contribution >= 4 is 22.8 Å². The molecule has 0 radical (unpaired) electrons. The van der Waals surface area contributed by atoms with Gasteiger partial charge in [-0.25, -0.2) is 9.78 Å². The maximum atomic E-state index is 12.4. The first-order valence-corrected chi connectivity index (χ1v) is 8.56. The van der Waals surface area contributed by atoms with E-state index in [0.717, 1.165) is 5.69 Å². The molecule has 1 N–H and O–H groups in total. The van der Waals surface area contributed by atoms with Crippen LogP contribution in [0.5, 0.6) is 0 Å². The fraction of sp³-hybridized carbons (Fsp3) is 0.444. The first-order valence-electron chi connectivity index (χ1n) is 8.56. The highest BCUT2D eigenvalue weighted by atomic mass is 16.4. The Morgan fingerprint density at radius 2 is 2.12 bits per heavy atom. The zero-order chi connectivity index (χ0) is 18.6. The van der Waals surface area contributed by atoms with Crippen molar-refractivity contribution in [2.24, 2.45) is 18.9 Å². The van der Waals surface area contributed by atoms with Crippen molar-refractivity contribution in [3.63, 3.8) is 0 Å². The lowest BCUT2D eigenvalue weighted by molar-refractivity contribution is 0.138. The number of aryl methyl sites for hydroxylation is 1. The Balaban J connectivity index is 1.75. The van der Waals surface area contributed by atoms with E-state index in [0.29, 0.717) is 36.4 Å². The molecule has 4 rings (SSSR count). The van der Waals surface area contributed by atoms with Crippen molar-refractivity contribution in [3.05, 3.63) is 34.2 Å². The number of hydrogen-bond donors (Lipinski definition) is 1. The number of amides is 1. The van der Waals surface area contributed by atoms with Crippen molar-refractivity contribution in [2.75, 3.05) is 24.5 Å². The Bertz CT molecular complexity index is 1010. The van der Waals surface area contributed by atoms with Gasteiger partial charge in [-0.15, -0.1) is 0 Å². The number of fused-ring (bicyclic) bond motifs is 2. The van der Waals surface area contributed by atoms with Crippen LogP contribution in [-0.2, 0) is 7.05 Å². The Labute approximate surface area is 149 Å². The van der Waals surface area contributed by atoms with Crippen LogP contribution in [0.2, 0.25) is 0 Å². The minimum absolute atomic E-state index is 0.0528. The van der Waals surface area contributed by atoms with E-state index in [1.807, 2.05) is 13.0 Å². The molecule has 4 heterocycles. The lowest BCUT2D eigenvalue weighted by Crippen LogP contribution is -2.38. The second-order valence-electron chi connectivity index (χ2n) is 7.11. The van der Waals surface area contributed by atoms with Gasteiger partial charge >= 0.3 is 6.09 Å². The minimum atomic E-state index is -0.877. The largest absolute Gasteiger partial charge is 0.465 e. The van der Waals surface area contributed by atoms with Crippen molar-refractivity contribution in [2.45, 2.75) is 13.0 Å². The molecular weight excluding hydrogens is 334 g/mol. The van der Waals surface area contributed by atoms with Crippen molar-refractivity contribution in [3.8, 4) is 6.07 Å². The minimum Gasteiger partial charge on any atom is -0.465 e. The highest BCUT2D eigenvalue weighted by Crippen LogP contribution is 2.39. The predicted molar refractivity (Wildman–Crippen MR) is 95.1 cm³/mol. The Kier molecular flexibility index (Phi) is 3.61. The number of anilines is 1. The summed E-state index contributed by atoms with van der Waals surface area (Å²) < 4.78 is 1.53. The molecular formula is C18H19N5O3. The van der Waals surface area contributed by atoms with Crippen LogP contribution in [0.3, 0.4) is 0 Å². The summed E-state index contributed by atoms with van der Waals surface area (Å²) in [5, 5.41) is 18.5. The molecule has 0 unspecified atom stereocenters. The lowest BCUT2D eigenvalue weighted by Gasteiger charge is -2.26. The van der Waals surface area contributed by atoms with Crippen LogP contribution in [0.25, 0.3) is 11.0 Å². The number of likely N-dealkylation sites (tertiary alicyclic amines) is 1. The smallest absolute Gasteiger partial charge is 0.407 e. The van der Waals surface area contributed by atoms with Crippen LogP contribution < -0.4 is 10.5 Å². The van der Waals surface area contributed by atoms with Crippen molar-refractivity contribution < 1.29 is 9.90 Å². The molecule has 8 heteroatoms. The standard InChI is InChI=1S/C18H19N5O3/c1-10-13-9-22(7-11(13)8-23(10)18(25)26)15-5-16(24)21(2)14-4-3-12(6-19)20-17(14)15/h3-5,10-11,13H,7-9H2,1-2H3,(H,25,26)/t10-,11+,13-/m1/s1. The van der Waals surface area contributed by atoms with E-state index >= 15 is 0 Å². The van der Waals surface area contributed by atoms with Gasteiger partial charge in [-0.2, -0.15) is 5.26 Å². The van der Waals surface area contributed by atoms with Gasteiger partial charge in [0, 0.05) is 50.6 Å². The molecule has 2 aliphatic heterocycles. The average molecular weight is 353 g/mol. The zero-order valence-electron chi connectivity index (χ0n) is 14.6. The number of aromatic nitrogens is 2. The van der Waals surface area contributed by atoms with Gasteiger partial charge in [-0.05, 0) is 19.1 Å². The zero-order valence-corrected chi connectivity index (χ0v) is 14.6. The fourth-order valence-electron chi connectivity index (χ4n) is 4.35. The van der Waals surface area contributed by atoms with Crippen molar-refractivity contribution in [1.82, 2.24) is 14.5 Å². The molecule has 0 aromatic carbocycles. The third-order valence-corrected chi connectivity index (χ3v) is 5.80. The molecule has 0 spiro atoms. The van der Waals surface area contributed by atoms with E-state index in [-0.39, 0.29) is 23.4 Å². The molecule has 3 atom stereocenters. The number of pyridine rings is 2. The molecule has 0 saturated carbocycles. The molecule has 2 aliphatic rings. The van der Waals surface area contributed by atoms with Crippen LogP contribution in [0, 0.1) is 23.2 Å². The van der Waals surface area contributed by atoms with E-state index in [4.69, 9.17) is 5.26 Å². The van der Waals surface area contributed by atoms with Crippen LogP contribution in [-0.4, -0.2) is 51.3 Å². The molecule has 8 nitrogen and oxygen atoms in total. The van der Waals surface area contributed by atoms with Crippen LogP contribution in [0.1, 0.15) is 12.6 Å². The summed E-state index contributed by atoms with van der Waals surface area (Å²) in [6.07, 6.45) is -0.877. The van der Waals surface area contributed by atoms with Gasteiger partial charge in [0.1, 0.15) is 17.3 Å². The second kappa shape index (κ2) is 5.73. The molecule has 2 aromatic rings. The summed E-state index contributed by atoms with van der Waals surface area (Å²) in [5.74, 6) is 0.462. The molecule has 2 aromatic heterocycles. The number of carboxylic acid groups (broad SMARTS) is 1. The molecule has 2 fully saturated rings. The quantitative estimate of drug-likeness (QED) is 0.827.